The average Bonchev–Trinajstić information content (AvgIpc) is 2.84. The molecule has 22 heavy (non-hydrogen) atoms. The standard InChI is InChI=1S/C17H26N2O3/c1-12-5-4-9-17(2,3)14(12)6-7-15(20)19-10-8-13(11-19)22-16(18)21/h6-7,13H,4-5,8-11H2,1-3H3,(H2,18,21). The van der Waals surface area contributed by atoms with Gasteiger partial charge in [0, 0.05) is 19.0 Å². The minimum Gasteiger partial charge on any atom is -0.444 e. The van der Waals surface area contributed by atoms with Gasteiger partial charge in [-0.15, -0.1) is 0 Å². The first-order valence-electron chi connectivity index (χ1n) is 7.93. The quantitative estimate of drug-likeness (QED) is 0.815. The van der Waals surface area contributed by atoms with E-state index in [9.17, 15) is 9.59 Å². The van der Waals surface area contributed by atoms with Crippen LogP contribution in [0.3, 0.4) is 0 Å². The lowest BCUT2D eigenvalue weighted by Crippen LogP contribution is -2.30. The van der Waals surface area contributed by atoms with Crippen molar-refractivity contribution in [1.82, 2.24) is 4.90 Å². The molecular formula is C17H26N2O3. The van der Waals surface area contributed by atoms with Crippen LogP contribution in [-0.4, -0.2) is 36.1 Å². The van der Waals surface area contributed by atoms with Crippen molar-refractivity contribution in [2.24, 2.45) is 11.1 Å². The van der Waals surface area contributed by atoms with E-state index in [1.807, 2.05) is 6.08 Å². The number of nitrogens with zero attached hydrogens (tertiary/aromatic N) is 1. The van der Waals surface area contributed by atoms with Crippen molar-refractivity contribution in [3.63, 3.8) is 0 Å². The molecule has 0 saturated carbocycles. The van der Waals surface area contributed by atoms with E-state index in [1.54, 1.807) is 11.0 Å². The molecule has 1 saturated heterocycles. The van der Waals surface area contributed by atoms with E-state index in [-0.39, 0.29) is 17.4 Å². The minimum absolute atomic E-state index is 0.0303. The van der Waals surface area contributed by atoms with Crippen LogP contribution in [0.15, 0.2) is 23.3 Å². The highest BCUT2D eigenvalue weighted by atomic mass is 16.6. The lowest BCUT2D eigenvalue weighted by molar-refractivity contribution is -0.125. The molecule has 0 spiro atoms. The predicted octanol–water partition coefficient (Wildman–Crippen LogP) is 2.77. The van der Waals surface area contributed by atoms with Gasteiger partial charge < -0.3 is 15.4 Å². The van der Waals surface area contributed by atoms with Crippen molar-refractivity contribution >= 4 is 12.0 Å². The van der Waals surface area contributed by atoms with Crippen LogP contribution in [0, 0.1) is 5.41 Å². The maximum Gasteiger partial charge on any atom is 0.404 e. The summed E-state index contributed by atoms with van der Waals surface area (Å²) in [5.41, 5.74) is 7.78. The molecule has 0 aromatic heterocycles. The number of amides is 2. The monoisotopic (exact) mass is 306 g/mol. The smallest absolute Gasteiger partial charge is 0.404 e. The number of rotatable bonds is 3. The highest BCUT2D eigenvalue weighted by molar-refractivity contribution is 5.88. The Balaban J connectivity index is 1.99. The van der Waals surface area contributed by atoms with Crippen LogP contribution >= 0.6 is 0 Å². The van der Waals surface area contributed by atoms with E-state index < -0.39 is 6.09 Å². The molecule has 5 heteroatoms. The normalized spacial score (nSPS) is 24.9. The van der Waals surface area contributed by atoms with Gasteiger partial charge in [0.1, 0.15) is 6.10 Å². The van der Waals surface area contributed by atoms with E-state index in [0.717, 1.165) is 12.8 Å². The zero-order valence-corrected chi connectivity index (χ0v) is 13.7. The van der Waals surface area contributed by atoms with Crippen LogP contribution in [0.25, 0.3) is 0 Å². The van der Waals surface area contributed by atoms with Crippen molar-refractivity contribution < 1.29 is 14.3 Å². The molecule has 1 heterocycles. The number of hydrogen-bond acceptors (Lipinski definition) is 3. The molecule has 5 nitrogen and oxygen atoms in total. The molecule has 2 N–H and O–H groups in total. The Morgan fingerprint density at radius 1 is 1.41 bits per heavy atom. The largest absolute Gasteiger partial charge is 0.444 e. The fraction of sp³-hybridized carbons (Fsp3) is 0.647. The number of primary amides is 1. The maximum atomic E-state index is 12.3. The van der Waals surface area contributed by atoms with Gasteiger partial charge in [-0.3, -0.25) is 4.79 Å². The van der Waals surface area contributed by atoms with Gasteiger partial charge in [0.15, 0.2) is 0 Å². The number of allylic oxidation sites excluding steroid dienone is 3. The third-order valence-electron chi connectivity index (χ3n) is 4.67. The fourth-order valence-corrected chi connectivity index (χ4v) is 3.46. The Morgan fingerprint density at radius 2 is 2.14 bits per heavy atom. The molecule has 2 amide bonds. The lowest BCUT2D eigenvalue weighted by Gasteiger charge is -2.32. The molecule has 1 unspecified atom stereocenters. The number of ether oxygens (including phenoxy) is 1. The molecule has 0 aromatic rings. The van der Waals surface area contributed by atoms with Gasteiger partial charge in [-0.2, -0.15) is 0 Å². The van der Waals surface area contributed by atoms with Crippen LogP contribution < -0.4 is 5.73 Å². The number of likely N-dealkylation sites (tertiary alicyclic amines) is 1. The summed E-state index contributed by atoms with van der Waals surface area (Å²) in [6.45, 7) is 7.63. The zero-order chi connectivity index (χ0) is 16.3. The van der Waals surface area contributed by atoms with E-state index in [4.69, 9.17) is 10.5 Å². The van der Waals surface area contributed by atoms with Crippen LogP contribution in [0.2, 0.25) is 0 Å². The van der Waals surface area contributed by atoms with Crippen LogP contribution in [-0.2, 0) is 9.53 Å². The van der Waals surface area contributed by atoms with Crippen molar-refractivity contribution in [3.05, 3.63) is 23.3 Å². The molecule has 1 aliphatic carbocycles. The molecule has 1 fully saturated rings. The van der Waals surface area contributed by atoms with Gasteiger partial charge in [0.25, 0.3) is 0 Å². The molecule has 2 aliphatic rings. The molecule has 2 rings (SSSR count). The molecular weight excluding hydrogens is 280 g/mol. The summed E-state index contributed by atoms with van der Waals surface area (Å²) in [5.74, 6) is -0.0303. The van der Waals surface area contributed by atoms with E-state index in [2.05, 4.69) is 20.8 Å². The first-order chi connectivity index (χ1) is 10.3. The van der Waals surface area contributed by atoms with E-state index in [0.29, 0.717) is 19.5 Å². The van der Waals surface area contributed by atoms with Gasteiger partial charge in [0.05, 0.1) is 6.54 Å². The Bertz CT molecular complexity index is 520. The van der Waals surface area contributed by atoms with Crippen molar-refractivity contribution in [2.45, 2.75) is 52.6 Å². The Labute approximate surface area is 132 Å². The fourth-order valence-electron chi connectivity index (χ4n) is 3.46. The number of carbonyl (C=O) groups is 2. The van der Waals surface area contributed by atoms with Crippen LogP contribution in [0.1, 0.15) is 46.5 Å². The second-order valence-corrected chi connectivity index (χ2v) is 6.90. The molecule has 122 valence electrons. The Morgan fingerprint density at radius 3 is 2.77 bits per heavy atom. The summed E-state index contributed by atoms with van der Waals surface area (Å²) < 4.78 is 4.95. The zero-order valence-electron chi connectivity index (χ0n) is 13.7. The van der Waals surface area contributed by atoms with Crippen LogP contribution in [0.4, 0.5) is 4.79 Å². The predicted molar refractivity (Wildman–Crippen MR) is 85.1 cm³/mol. The Kier molecular flexibility index (Phi) is 4.94. The number of nitrogens with two attached hydrogens (primary N) is 1. The third-order valence-corrected chi connectivity index (χ3v) is 4.67. The third kappa shape index (κ3) is 3.90. The van der Waals surface area contributed by atoms with Gasteiger partial charge in [-0.1, -0.05) is 25.5 Å². The van der Waals surface area contributed by atoms with Gasteiger partial charge >= 0.3 is 6.09 Å². The van der Waals surface area contributed by atoms with Gasteiger partial charge in [-0.05, 0) is 37.2 Å². The van der Waals surface area contributed by atoms with Crippen LogP contribution in [0.5, 0.6) is 0 Å². The first kappa shape index (κ1) is 16.6. The summed E-state index contributed by atoms with van der Waals surface area (Å²) in [6, 6.07) is 0. The summed E-state index contributed by atoms with van der Waals surface area (Å²) in [6.07, 6.45) is 6.68. The lowest BCUT2D eigenvalue weighted by atomic mass is 9.72. The van der Waals surface area contributed by atoms with E-state index >= 15 is 0 Å². The SMILES string of the molecule is CC1=C(C=CC(=O)N2CCC(OC(N)=O)C2)C(C)(C)CCC1. The second-order valence-electron chi connectivity index (χ2n) is 6.90. The summed E-state index contributed by atoms with van der Waals surface area (Å²) >= 11 is 0. The number of carbonyl (C=O) groups excluding carboxylic acids is 2. The van der Waals surface area contributed by atoms with Gasteiger partial charge in [0.2, 0.25) is 5.91 Å². The molecule has 1 aliphatic heterocycles. The first-order valence-corrected chi connectivity index (χ1v) is 7.93. The second kappa shape index (κ2) is 6.55. The van der Waals surface area contributed by atoms with Gasteiger partial charge in [-0.25, -0.2) is 4.79 Å². The summed E-state index contributed by atoms with van der Waals surface area (Å²) in [5, 5.41) is 0. The van der Waals surface area contributed by atoms with Crippen molar-refractivity contribution in [2.75, 3.05) is 13.1 Å². The van der Waals surface area contributed by atoms with Crippen molar-refractivity contribution in [1.29, 1.82) is 0 Å². The molecule has 0 radical (unpaired) electrons. The summed E-state index contributed by atoms with van der Waals surface area (Å²) in [4.78, 5) is 24.7. The molecule has 0 bridgehead atoms. The Hall–Kier alpha value is -1.78. The van der Waals surface area contributed by atoms with Crippen molar-refractivity contribution in [3.8, 4) is 0 Å². The average molecular weight is 306 g/mol. The summed E-state index contributed by atoms with van der Waals surface area (Å²) in [7, 11) is 0. The molecule has 0 aromatic carbocycles. The topological polar surface area (TPSA) is 72.6 Å². The highest BCUT2D eigenvalue weighted by Gasteiger charge is 2.29. The number of hydrogen-bond donors (Lipinski definition) is 1. The minimum atomic E-state index is -0.778. The van der Waals surface area contributed by atoms with E-state index in [1.165, 1.54) is 17.6 Å². The highest BCUT2D eigenvalue weighted by Crippen LogP contribution is 2.40. The maximum absolute atomic E-state index is 12.3. The molecule has 1 atom stereocenters.